The Bertz CT molecular complexity index is 405. The molecule has 0 aliphatic rings. The summed E-state index contributed by atoms with van der Waals surface area (Å²) in [6.45, 7) is 0. The Labute approximate surface area is 94.2 Å². The Kier molecular flexibility index (Phi) is 3.93. The number of primary amides is 1. The first-order valence-corrected chi connectivity index (χ1v) is 5.11. The summed E-state index contributed by atoms with van der Waals surface area (Å²) < 4.78 is 0. The number of carboxylic acids is 1. The van der Waals surface area contributed by atoms with Gasteiger partial charge in [-0.05, 0) is 0 Å². The third-order valence-electron chi connectivity index (χ3n) is 1.77. The summed E-state index contributed by atoms with van der Waals surface area (Å²) in [5.74, 6) is -2.24. The van der Waals surface area contributed by atoms with Crippen LogP contribution >= 0.6 is 11.3 Å². The van der Waals surface area contributed by atoms with Crippen LogP contribution in [0.5, 0.6) is 0 Å². The normalized spacial score (nSPS) is 14.4. The van der Waals surface area contributed by atoms with Gasteiger partial charge in [0.2, 0.25) is 5.91 Å². The second-order valence-corrected chi connectivity index (χ2v) is 3.91. The van der Waals surface area contributed by atoms with Crippen LogP contribution in [0.25, 0.3) is 0 Å². The predicted molar refractivity (Wildman–Crippen MR) is 51.2 cm³/mol. The molecule has 0 spiro atoms. The van der Waals surface area contributed by atoms with Crippen molar-refractivity contribution < 1.29 is 24.9 Å². The van der Waals surface area contributed by atoms with Crippen molar-refractivity contribution in [3.8, 4) is 0 Å². The summed E-state index contributed by atoms with van der Waals surface area (Å²) in [6.07, 6.45) is -3.29. The molecule has 1 amide bonds. The number of carboxylic acid groups (broad SMARTS) is 1. The number of carbonyl (C=O) groups is 2. The van der Waals surface area contributed by atoms with E-state index < -0.39 is 30.5 Å². The summed E-state index contributed by atoms with van der Waals surface area (Å²) in [4.78, 5) is 24.4. The van der Waals surface area contributed by atoms with Crippen LogP contribution in [0.15, 0.2) is 5.38 Å². The van der Waals surface area contributed by atoms with Gasteiger partial charge >= 0.3 is 0 Å². The number of aromatic nitrogens is 1. The van der Waals surface area contributed by atoms with Crippen LogP contribution in [0.4, 0.5) is 0 Å². The zero-order chi connectivity index (χ0) is 12.3. The molecule has 0 aromatic carbocycles. The van der Waals surface area contributed by atoms with E-state index in [4.69, 9.17) is 5.73 Å². The fraction of sp³-hybridized carbons (Fsp3) is 0.375. The second kappa shape index (κ2) is 5.01. The molecule has 1 aromatic heterocycles. The van der Waals surface area contributed by atoms with E-state index in [2.05, 4.69) is 4.98 Å². The van der Waals surface area contributed by atoms with Gasteiger partial charge < -0.3 is 25.8 Å². The Hall–Kier alpha value is -1.51. The van der Waals surface area contributed by atoms with Crippen molar-refractivity contribution >= 4 is 23.2 Å². The third-order valence-corrected chi connectivity index (χ3v) is 2.61. The number of hydrogen-bond donors (Lipinski definition) is 3. The topological polar surface area (TPSA) is 137 Å². The van der Waals surface area contributed by atoms with E-state index in [1.165, 1.54) is 5.38 Å². The van der Waals surface area contributed by atoms with Gasteiger partial charge in [-0.3, -0.25) is 4.79 Å². The van der Waals surface area contributed by atoms with E-state index in [1.807, 2.05) is 0 Å². The highest BCUT2D eigenvalue weighted by atomic mass is 32.1. The number of amides is 1. The molecule has 88 valence electrons. The lowest BCUT2D eigenvalue weighted by Gasteiger charge is -2.13. The fourth-order valence-electron chi connectivity index (χ4n) is 1.03. The van der Waals surface area contributed by atoms with Crippen LogP contribution in [0.2, 0.25) is 0 Å². The molecule has 0 radical (unpaired) electrons. The van der Waals surface area contributed by atoms with E-state index in [0.717, 1.165) is 11.3 Å². The van der Waals surface area contributed by atoms with E-state index in [1.54, 1.807) is 0 Å². The summed E-state index contributed by atoms with van der Waals surface area (Å²) in [5.41, 5.74) is 4.80. The molecule has 0 saturated heterocycles. The van der Waals surface area contributed by atoms with Crippen molar-refractivity contribution in [3.63, 3.8) is 0 Å². The number of aromatic carboxylic acids is 1. The van der Waals surface area contributed by atoms with Crippen molar-refractivity contribution in [1.82, 2.24) is 4.98 Å². The van der Waals surface area contributed by atoms with Crippen molar-refractivity contribution in [3.05, 3.63) is 16.1 Å². The van der Waals surface area contributed by atoms with Crippen LogP contribution in [0.1, 0.15) is 28.0 Å². The Morgan fingerprint density at radius 2 is 2.19 bits per heavy atom. The highest BCUT2D eigenvalue weighted by Crippen LogP contribution is 2.20. The summed E-state index contributed by atoms with van der Waals surface area (Å²) in [7, 11) is 0. The van der Waals surface area contributed by atoms with Crippen LogP contribution in [-0.2, 0) is 4.79 Å². The average molecular weight is 245 g/mol. The fourth-order valence-corrected chi connectivity index (χ4v) is 1.71. The monoisotopic (exact) mass is 245 g/mol. The molecule has 2 unspecified atom stereocenters. The third kappa shape index (κ3) is 2.99. The Balaban J connectivity index is 2.75. The van der Waals surface area contributed by atoms with E-state index in [9.17, 15) is 24.9 Å². The molecule has 0 aliphatic carbocycles. The molecule has 1 heterocycles. The highest BCUT2D eigenvalue weighted by molar-refractivity contribution is 7.11. The first-order valence-electron chi connectivity index (χ1n) is 4.23. The van der Waals surface area contributed by atoms with E-state index in [0.29, 0.717) is 0 Å². The number of hydrogen-bond acceptors (Lipinski definition) is 7. The molecule has 0 bridgehead atoms. The first kappa shape index (κ1) is 12.6. The molecule has 8 heteroatoms. The van der Waals surface area contributed by atoms with E-state index in [-0.39, 0.29) is 10.7 Å². The first-order chi connectivity index (χ1) is 7.41. The maximum atomic E-state index is 10.5. The van der Waals surface area contributed by atoms with Gasteiger partial charge in [-0.2, -0.15) is 0 Å². The molecule has 16 heavy (non-hydrogen) atoms. The van der Waals surface area contributed by atoms with Crippen molar-refractivity contribution in [1.29, 1.82) is 0 Å². The largest absolute Gasteiger partial charge is 0.542 e. The minimum atomic E-state index is -1.46. The van der Waals surface area contributed by atoms with Crippen LogP contribution in [0.3, 0.4) is 0 Å². The van der Waals surface area contributed by atoms with Crippen LogP contribution in [-0.4, -0.2) is 33.2 Å². The molecule has 1 aromatic rings. The summed E-state index contributed by atoms with van der Waals surface area (Å²) >= 11 is 0.762. The smallest absolute Gasteiger partial charge is 0.220 e. The van der Waals surface area contributed by atoms with Crippen molar-refractivity contribution in [2.75, 3.05) is 0 Å². The van der Waals surface area contributed by atoms with Gasteiger partial charge in [0, 0.05) is 5.38 Å². The second-order valence-electron chi connectivity index (χ2n) is 3.05. The Morgan fingerprint density at radius 3 is 2.62 bits per heavy atom. The number of aliphatic hydroxyl groups is 2. The molecule has 0 saturated carbocycles. The zero-order valence-electron chi connectivity index (χ0n) is 7.99. The van der Waals surface area contributed by atoms with Gasteiger partial charge in [-0.25, -0.2) is 4.98 Å². The molecule has 2 atom stereocenters. The quantitative estimate of drug-likeness (QED) is 0.537. The molecular weight excluding hydrogens is 236 g/mol. The van der Waals surface area contributed by atoms with Crippen molar-refractivity contribution in [2.24, 2.45) is 5.73 Å². The molecule has 0 aliphatic heterocycles. The summed E-state index contributed by atoms with van der Waals surface area (Å²) in [5, 5.41) is 30.2. The molecular formula is C8H9N2O5S-. The number of carbonyl (C=O) groups excluding carboxylic acids is 2. The lowest BCUT2D eigenvalue weighted by molar-refractivity contribution is -0.255. The number of thiazole rings is 1. The summed E-state index contributed by atoms with van der Waals surface area (Å²) in [6, 6.07) is 0. The highest BCUT2D eigenvalue weighted by Gasteiger charge is 2.22. The lowest BCUT2D eigenvalue weighted by atomic mass is 10.1. The van der Waals surface area contributed by atoms with Gasteiger partial charge in [0.1, 0.15) is 17.1 Å². The van der Waals surface area contributed by atoms with Gasteiger partial charge in [0.05, 0.1) is 18.2 Å². The average Bonchev–Trinajstić information content (AvgIpc) is 2.64. The number of nitrogens with zero attached hydrogens (tertiary/aromatic N) is 1. The van der Waals surface area contributed by atoms with Crippen LogP contribution in [0, 0.1) is 0 Å². The van der Waals surface area contributed by atoms with Crippen LogP contribution < -0.4 is 10.8 Å². The Morgan fingerprint density at radius 1 is 1.56 bits per heavy atom. The van der Waals surface area contributed by atoms with Gasteiger partial charge in [0.15, 0.2) is 0 Å². The number of aliphatic hydroxyl groups excluding tert-OH is 2. The molecule has 1 rings (SSSR count). The van der Waals surface area contributed by atoms with Crippen molar-refractivity contribution in [2.45, 2.75) is 18.6 Å². The molecule has 7 nitrogen and oxygen atoms in total. The van der Waals surface area contributed by atoms with Gasteiger partial charge in [-0.1, -0.05) is 0 Å². The number of rotatable bonds is 5. The minimum absolute atomic E-state index is 0.0297. The van der Waals surface area contributed by atoms with E-state index >= 15 is 0 Å². The minimum Gasteiger partial charge on any atom is -0.542 e. The van der Waals surface area contributed by atoms with Gasteiger partial charge in [0.25, 0.3) is 0 Å². The predicted octanol–water partition coefficient (Wildman–Crippen LogP) is -2.22. The standard InChI is InChI=1S/C8H10N2O5S/c9-5(12)1-4(11)6(13)3-2-16-7(10-3)8(14)15/h2,4,6,11,13H,1H2,(H2,9,12)(H,14,15)/p-1. The maximum absolute atomic E-state index is 10.5. The number of nitrogens with two attached hydrogens (primary N) is 1. The maximum Gasteiger partial charge on any atom is 0.220 e. The van der Waals surface area contributed by atoms with Gasteiger partial charge in [-0.15, -0.1) is 11.3 Å². The zero-order valence-corrected chi connectivity index (χ0v) is 8.81. The molecule has 4 N–H and O–H groups in total. The SMILES string of the molecule is NC(=O)CC(O)C(O)c1csc(C(=O)[O-])n1. The molecule has 0 fully saturated rings. The lowest BCUT2D eigenvalue weighted by Crippen LogP contribution is -2.26.